The maximum absolute atomic E-state index is 2.38. The van der Waals surface area contributed by atoms with Gasteiger partial charge in [-0.05, 0) is 18.8 Å². The van der Waals surface area contributed by atoms with Crippen LogP contribution in [-0.4, -0.2) is 0 Å². The van der Waals surface area contributed by atoms with E-state index in [0.717, 1.165) is 5.92 Å². The zero-order valence-corrected chi connectivity index (χ0v) is 14.5. The van der Waals surface area contributed by atoms with E-state index in [1.165, 1.54) is 70.6 Å². The van der Waals surface area contributed by atoms with Crippen LogP contribution in [0.5, 0.6) is 0 Å². The minimum atomic E-state index is 0.972. The summed E-state index contributed by atoms with van der Waals surface area (Å²) in [6, 6.07) is 0. The molecule has 0 aromatic carbocycles. The van der Waals surface area contributed by atoms with Gasteiger partial charge in [0.05, 0.1) is 0 Å². The quantitative estimate of drug-likeness (QED) is 0.268. The highest BCUT2D eigenvalue weighted by Gasteiger charge is 1.98. The number of rotatable bonds is 11. The molecule has 0 saturated heterocycles. The molecule has 0 amide bonds. The smallest absolute Gasteiger partial charge is 0.0351 e. The fourth-order valence-electron chi connectivity index (χ4n) is 1.97. The molecule has 0 N–H and O–H groups in total. The molecular formula is C19H40. The van der Waals surface area contributed by atoms with Crippen molar-refractivity contribution in [1.82, 2.24) is 0 Å². The van der Waals surface area contributed by atoms with Gasteiger partial charge in [0, 0.05) is 0 Å². The summed E-state index contributed by atoms with van der Waals surface area (Å²) < 4.78 is 0. The van der Waals surface area contributed by atoms with Gasteiger partial charge < -0.3 is 0 Å². The van der Waals surface area contributed by atoms with Gasteiger partial charge in [-0.2, -0.15) is 0 Å². The average molecular weight is 269 g/mol. The van der Waals surface area contributed by atoms with Crippen molar-refractivity contribution in [3.05, 3.63) is 12.2 Å². The maximum atomic E-state index is 2.38. The third-order valence-corrected chi connectivity index (χ3v) is 3.45. The summed E-state index contributed by atoms with van der Waals surface area (Å²) in [5, 5.41) is 0. The molecule has 0 unspecified atom stereocenters. The van der Waals surface area contributed by atoms with Gasteiger partial charge in [0.15, 0.2) is 0 Å². The van der Waals surface area contributed by atoms with Gasteiger partial charge in [0.1, 0.15) is 0 Å². The first-order valence-electron chi connectivity index (χ1n) is 8.87. The SMILES string of the molecule is CCC/C=C/CCCC.CCCCC(C)CCCC. The molecule has 116 valence electrons. The molecule has 0 aliphatic heterocycles. The van der Waals surface area contributed by atoms with E-state index in [2.05, 4.69) is 46.8 Å². The monoisotopic (exact) mass is 268 g/mol. The van der Waals surface area contributed by atoms with Gasteiger partial charge in [-0.3, -0.25) is 0 Å². The summed E-state index contributed by atoms with van der Waals surface area (Å²) >= 11 is 0. The molecule has 0 heterocycles. The van der Waals surface area contributed by atoms with E-state index in [1.54, 1.807) is 0 Å². The van der Waals surface area contributed by atoms with Gasteiger partial charge in [-0.15, -0.1) is 0 Å². The minimum Gasteiger partial charge on any atom is -0.0885 e. The van der Waals surface area contributed by atoms with E-state index < -0.39 is 0 Å². The molecule has 0 fully saturated rings. The molecule has 0 aromatic rings. The van der Waals surface area contributed by atoms with Gasteiger partial charge in [0.2, 0.25) is 0 Å². The molecule has 0 bridgehead atoms. The highest BCUT2D eigenvalue weighted by atomic mass is 14.0. The lowest BCUT2D eigenvalue weighted by Crippen LogP contribution is -1.93. The average Bonchev–Trinajstić information content (AvgIpc) is 2.43. The summed E-state index contributed by atoms with van der Waals surface area (Å²) in [6.07, 6.45) is 19.5. The van der Waals surface area contributed by atoms with Crippen LogP contribution in [0, 0.1) is 5.92 Å². The Kier molecular flexibility index (Phi) is 22.2. The first-order chi connectivity index (χ1) is 9.22. The molecule has 0 saturated carbocycles. The predicted molar refractivity (Wildman–Crippen MR) is 91.8 cm³/mol. The van der Waals surface area contributed by atoms with Crippen molar-refractivity contribution in [3.8, 4) is 0 Å². The van der Waals surface area contributed by atoms with Crippen molar-refractivity contribution in [2.45, 2.75) is 105 Å². The molecule has 0 aromatic heterocycles. The number of allylic oxidation sites excluding steroid dienone is 2. The Bertz CT molecular complexity index is 149. The lowest BCUT2D eigenvalue weighted by atomic mass is 9.98. The Morgan fingerprint density at radius 2 is 1.11 bits per heavy atom. The van der Waals surface area contributed by atoms with Crippen LogP contribution in [0.15, 0.2) is 12.2 Å². The van der Waals surface area contributed by atoms with Crippen LogP contribution in [0.2, 0.25) is 0 Å². The lowest BCUT2D eigenvalue weighted by molar-refractivity contribution is 0.454. The van der Waals surface area contributed by atoms with Crippen molar-refractivity contribution in [1.29, 1.82) is 0 Å². The molecule has 0 atom stereocenters. The van der Waals surface area contributed by atoms with Crippen LogP contribution in [0.3, 0.4) is 0 Å². The standard InChI is InChI=1S/C10H22.C9H18/c1-4-6-8-10(3)9-7-5-2;1-3-5-7-9-8-6-4-2/h10H,4-9H2,1-3H3;7,9H,3-6,8H2,1-2H3/b;9-7+. The Morgan fingerprint density at radius 1 is 0.632 bits per heavy atom. The molecule has 0 aliphatic carbocycles. The van der Waals surface area contributed by atoms with E-state index in [1.807, 2.05) is 0 Å². The Labute approximate surface area is 124 Å². The lowest BCUT2D eigenvalue weighted by Gasteiger charge is -2.08. The first-order valence-corrected chi connectivity index (χ1v) is 8.87. The van der Waals surface area contributed by atoms with Crippen LogP contribution in [0.25, 0.3) is 0 Å². The predicted octanol–water partition coefficient (Wildman–Crippen LogP) is 7.54. The van der Waals surface area contributed by atoms with Gasteiger partial charge >= 0.3 is 0 Å². The summed E-state index contributed by atoms with van der Waals surface area (Å²) in [7, 11) is 0. The van der Waals surface area contributed by atoms with Crippen molar-refractivity contribution in [2.24, 2.45) is 5.92 Å². The van der Waals surface area contributed by atoms with E-state index in [0.29, 0.717) is 0 Å². The normalized spacial score (nSPS) is 10.8. The Morgan fingerprint density at radius 3 is 1.53 bits per heavy atom. The third kappa shape index (κ3) is 23.3. The van der Waals surface area contributed by atoms with E-state index in [-0.39, 0.29) is 0 Å². The molecule has 0 heteroatoms. The largest absolute Gasteiger partial charge is 0.0885 e. The second-order valence-corrected chi connectivity index (χ2v) is 5.79. The maximum Gasteiger partial charge on any atom is -0.0351 e. The molecule has 0 aliphatic rings. The van der Waals surface area contributed by atoms with Gasteiger partial charge in [-0.1, -0.05) is 105 Å². The molecular weight excluding hydrogens is 228 g/mol. The fraction of sp³-hybridized carbons (Fsp3) is 0.895. The topological polar surface area (TPSA) is 0 Å². The highest BCUT2D eigenvalue weighted by molar-refractivity contribution is 4.80. The van der Waals surface area contributed by atoms with Crippen LogP contribution in [0.1, 0.15) is 105 Å². The van der Waals surface area contributed by atoms with Crippen LogP contribution in [-0.2, 0) is 0 Å². The highest BCUT2D eigenvalue weighted by Crippen LogP contribution is 2.14. The summed E-state index contributed by atoms with van der Waals surface area (Å²) in [4.78, 5) is 0. The minimum absolute atomic E-state index is 0.972. The Balaban J connectivity index is 0. The zero-order chi connectivity index (χ0) is 14.8. The molecule has 0 radical (unpaired) electrons. The number of hydrogen-bond donors (Lipinski definition) is 0. The van der Waals surface area contributed by atoms with Crippen molar-refractivity contribution < 1.29 is 0 Å². The summed E-state index contributed by atoms with van der Waals surface area (Å²) in [5.74, 6) is 0.972. The number of hydrogen-bond acceptors (Lipinski definition) is 0. The summed E-state index contributed by atoms with van der Waals surface area (Å²) in [6.45, 7) is 11.4. The van der Waals surface area contributed by atoms with Crippen LogP contribution < -0.4 is 0 Å². The van der Waals surface area contributed by atoms with Gasteiger partial charge in [-0.25, -0.2) is 0 Å². The first kappa shape index (κ1) is 21.0. The second kappa shape index (κ2) is 20.1. The van der Waals surface area contributed by atoms with E-state index >= 15 is 0 Å². The van der Waals surface area contributed by atoms with Crippen molar-refractivity contribution in [2.75, 3.05) is 0 Å². The van der Waals surface area contributed by atoms with Gasteiger partial charge in [0.25, 0.3) is 0 Å². The van der Waals surface area contributed by atoms with E-state index in [9.17, 15) is 0 Å². The number of unbranched alkanes of at least 4 members (excludes halogenated alkanes) is 5. The molecule has 0 rings (SSSR count). The summed E-state index contributed by atoms with van der Waals surface area (Å²) in [5.41, 5.74) is 0. The van der Waals surface area contributed by atoms with Crippen molar-refractivity contribution in [3.63, 3.8) is 0 Å². The Hall–Kier alpha value is -0.260. The van der Waals surface area contributed by atoms with Crippen molar-refractivity contribution >= 4 is 0 Å². The second-order valence-electron chi connectivity index (χ2n) is 5.79. The fourth-order valence-corrected chi connectivity index (χ4v) is 1.97. The molecule has 0 spiro atoms. The van der Waals surface area contributed by atoms with E-state index in [4.69, 9.17) is 0 Å². The molecule has 0 nitrogen and oxygen atoms in total. The zero-order valence-electron chi connectivity index (χ0n) is 14.5. The molecule has 19 heavy (non-hydrogen) atoms. The third-order valence-electron chi connectivity index (χ3n) is 3.45. The van der Waals surface area contributed by atoms with Crippen LogP contribution in [0.4, 0.5) is 0 Å². The van der Waals surface area contributed by atoms with Crippen LogP contribution >= 0.6 is 0 Å².